The molecular weight excluding hydrogens is 1330 g/mol. The van der Waals surface area contributed by atoms with Crippen LogP contribution >= 0.6 is 50.4 Å². The van der Waals surface area contributed by atoms with Crippen LogP contribution in [0.3, 0.4) is 0 Å². The Morgan fingerprint density at radius 3 is 1.30 bits per heavy atom. The number of aromatic hydroxyl groups is 4. The Kier molecular flexibility index (Phi) is 25.8. The van der Waals surface area contributed by atoms with E-state index in [-0.39, 0.29) is 5.69 Å². The van der Waals surface area contributed by atoms with Crippen LogP contribution in [0.5, 0.6) is 23.0 Å². The number of benzene rings is 4. The SMILES string of the molecule is CC1=CC(C)=C(N2[CH-]N([C@H]3C(C)=CC(C)C[C@H]3C)CC2)[C@@H](C)C1.CC1=CC(C)=C(N2[CH-]N([C@H]3C(C)=CC(C)C[C@H]3C)CC2)[C@@H](C)C1.Clc1ccc([OH+]c2ccccc2[CH]=[Ru]([Cl])[Cl])cc1.O=[N+]([O-])c1ccc([OH+]c2ccccc2[CH]=[Ru]([Cl])[Cl])cc1. The van der Waals surface area contributed by atoms with E-state index < -0.39 is 32.0 Å². The van der Waals surface area contributed by atoms with Crippen LogP contribution in [-0.4, -0.2) is 81.5 Å². The molecule has 0 radical (unpaired) electrons. The molecule has 10 rings (SSSR count). The second kappa shape index (κ2) is 32.0. The van der Waals surface area contributed by atoms with Crippen molar-refractivity contribution in [3.05, 3.63) is 206 Å². The molecule has 0 spiro atoms. The third-order valence-electron chi connectivity index (χ3n) is 16.3. The van der Waals surface area contributed by atoms with Gasteiger partial charge in [0.05, 0.1) is 0 Å². The topological polar surface area (TPSA) is 81.7 Å². The number of allylic oxidation sites excluding steroid dienone is 10. The van der Waals surface area contributed by atoms with Gasteiger partial charge in [0.2, 0.25) is 0 Å². The molecule has 2 saturated heterocycles. The van der Waals surface area contributed by atoms with Crippen molar-refractivity contribution in [1.29, 1.82) is 0 Å². The van der Waals surface area contributed by atoms with Crippen molar-refractivity contribution in [3.8, 4) is 23.0 Å². The van der Waals surface area contributed by atoms with Crippen molar-refractivity contribution in [1.82, 2.24) is 19.6 Å². The molecule has 2 fully saturated rings. The van der Waals surface area contributed by atoms with Crippen LogP contribution in [0.25, 0.3) is 0 Å². The maximum atomic E-state index is 10.6. The number of ether oxygens (including phenoxy) is 2. The predicted molar refractivity (Wildman–Crippen MR) is 350 cm³/mol. The first-order valence-electron chi connectivity index (χ1n) is 29.1. The fourth-order valence-corrected chi connectivity index (χ4v) is 17.2. The number of rotatable bonds is 11. The number of nitro benzene ring substituents is 1. The van der Waals surface area contributed by atoms with E-state index in [1.165, 1.54) is 71.5 Å². The maximum absolute atomic E-state index is 10.6. The van der Waals surface area contributed by atoms with Crippen molar-refractivity contribution >= 4 is 65.3 Å². The zero-order valence-electron chi connectivity index (χ0n) is 50.7. The number of non-ortho nitro benzene ring substituents is 1. The molecule has 2 heterocycles. The van der Waals surface area contributed by atoms with Crippen LogP contribution in [0.15, 0.2) is 166 Å². The molecule has 0 amide bonds. The molecule has 2 aliphatic heterocycles. The molecule has 8 atom stereocenters. The Morgan fingerprint density at radius 1 is 0.560 bits per heavy atom. The Labute approximate surface area is 533 Å². The summed E-state index contributed by atoms with van der Waals surface area (Å²) in [7, 11) is 23.6. The van der Waals surface area contributed by atoms with E-state index in [0.717, 1.165) is 78.2 Å². The molecule has 4 aromatic rings. The fourth-order valence-electron chi connectivity index (χ4n) is 13.5. The summed E-state index contributed by atoms with van der Waals surface area (Å²) in [5, 5.41) is 11.3. The summed E-state index contributed by atoms with van der Waals surface area (Å²) < 4.78 is 12.7. The van der Waals surface area contributed by atoms with Crippen LogP contribution in [0.4, 0.5) is 5.69 Å². The zero-order chi connectivity index (χ0) is 60.9. The van der Waals surface area contributed by atoms with Gasteiger partial charge in [-0.05, 0) is 151 Å². The van der Waals surface area contributed by atoms with Crippen LogP contribution in [-0.2, 0) is 27.0 Å². The number of hydrogen-bond acceptors (Lipinski definition) is 6. The summed E-state index contributed by atoms with van der Waals surface area (Å²) in [6.45, 7) is 37.4. The van der Waals surface area contributed by atoms with E-state index in [1.54, 1.807) is 23.3 Å². The van der Waals surface area contributed by atoms with Gasteiger partial charge in [0.1, 0.15) is 0 Å². The van der Waals surface area contributed by atoms with Crippen LogP contribution in [0.2, 0.25) is 5.02 Å². The molecule has 0 aromatic heterocycles. The van der Waals surface area contributed by atoms with Crippen molar-refractivity contribution in [3.63, 3.8) is 0 Å². The summed E-state index contributed by atoms with van der Waals surface area (Å²) in [6, 6.07) is 29.8. The summed E-state index contributed by atoms with van der Waals surface area (Å²) in [6.07, 6.45) is 14.8. The first kappa shape index (κ1) is 67.8. The normalized spacial score (nSPS) is 24.8. The summed E-state index contributed by atoms with van der Waals surface area (Å²) >= 11 is 2.07. The average Bonchev–Trinajstić information content (AvgIpc) is 4.08. The zero-order valence-corrected chi connectivity index (χ0v) is 57.9. The molecule has 0 saturated carbocycles. The quantitative estimate of drug-likeness (QED) is 0.0372. The summed E-state index contributed by atoms with van der Waals surface area (Å²) in [4.78, 5) is 20.4. The second-order valence-electron chi connectivity index (χ2n) is 23.7. The van der Waals surface area contributed by atoms with Gasteiger partial charge in [0.25, 0.3) is 0 Å². The van der Waals surface area contributed by atoms with Crippen molar-refractivity contribution < 1.29 is 41.4 Å². The number of halogens is 5. The third-order valence-corrected chi connectivity index (χ3v) is 20.2. The molecule has 16 heteroatoms. The van der Waals surface area contributed by atoms with E-state index in [2.05, 4.69) is 150 Å². The van der Waals surface area contributed by atoms with Gasteiger partial charge in [-0.15, -0.1) is 0 Å². The summed E-state index contributed by atoms with van der Waals surface area (Å²) in [5.41, 5.74) is 14.0. The van der Waals surface area contributed by atoms with Crippen LogP contribution in [0.1, 0.15) is 120 Å². The Bertz CT molecular complexity index is 3090. The van der Waals surface area contributed by atoms with Gasteiger partial charge in [-0.1, -0.05) is 88.1 Å². The fraction of sp³-hybridized carbons (Fsp3) is 0.412. The minimum atomic E-state index is -1.92. The molecular formula is C68H86Cl5N5O4Ru2. The van der Waals surface area contributed by atoms with Gasteiger partial charge in [0.15, 0.2) is 0 Å². The monoisotopic (exact) mass is 1420 g/mol. The van der Waals surface area contributed by atoms with Gasteiger partial charge in [-0.25, -0.2) is 0 Å². The Hall–Kier alpha value is -3.72. The van der Waals surface area contributed by atoms with Gasteiger partial charge in [0, 0.05) is 12.1 Å². The van der Waals surface area contributed by atoms with Crippen LogP contribution < -0.4 is 0 Å². The summed E-state index contributed by atoms with van der Waals surface area (Å²) in [5.74, 6) is 7.31. The van der Waals surface area contributed by atoms with Crippen LogP contribution in [0, 0.1) is 59.0 Å². The molecule has 0 bridgehead atoms. The van der Waals surface area contributed by atoms with E-state index in [0.29, 0.717) is 34.7 Å². The molecule has 6 aliphatic rings. The van der Waals surface area contributed by atoms with Crippen molar-refractivity contribution in [2.75, 3.05) is 26.2 Å². The number of para-hydroxylation sites is 2. The molecule has 84 heavy (non-hydrogen) atoms. The average molecular weight is 1420 g/mol. The Balaban J connectivity index is 0.000000162. The van der Waals surface area contributed by atoms with E-state index >= 15 is 0 Å². The standard InChI is InChI=1S/2C21H33N2.C13H9ClO.C13H9NO3.4ClH.2Ru/c2*1-14-9-16(3)20(17(4)10-14)22-7-8-23(13-22)21-18(5)11-15(2)12-19(21)6;1-10-4-2-3-5-13(10)15-12-8-6-11(14)7-9-12;1-10-4-2-3-5-13(10)17-12-8-6-11(7-9-12)14(15)16;;;;;;/h2*9,11,13-14,17,19-20H,7-8,10,12H2,1-6H3;1-9H;1-9H;4*1H;;/q2*-1;;;;;;;2*+2/p-2/t2*14?,17-,19+,20+;;;;;;;;/m11......../s1. The molecule has 4 aromatic carbocycles. The third kappa shape index (κ3) is 19.1. The number of hydrogen-bond donors (Lipinski definition) is 0. The van der Waals surface area contributed by atoms with Gasteiger partial charge in [-0.2, -0.15) is 13.3 Å². The molecule has 2 unspecified atom stereocenters. The number of nitrogens with zero attached hydrogens (tertiary/aromatic N) is 5. The second-order valence-corrected chi connectivity index (χ2v) is 35.6. The molecule has 458 valence electrons. The first-order chi connectivity index (χ1) is 39.9. The predicted octanol–water partition coefficient (Wildman–Crippen LogP) is 19.3. The van der Waals surface area contributed by atoms with Gasteiger partial charge < -0.3 is 19.6 Å². The van der Waals surface area contributed by atoms with Gasteiger partial charge in [-0.3, -0.25) is 0 Å². The first-order valence-corrected chi connectivity index (χ1v) is 40.4. The van der Waals surface area contributed by atoms with E-state index in [4.69, 9.17) is 50.4 Å². The molecule has 4 aliphatic carbocycles. The molecule has 2 N–H and O–H groups in total. The number of nitro groups is 1. The van der Waals surface area contributed by atoms with Gasteiger partial charge >= 0.3 is 253 Å². The van der Waals surface area contributed by atoms with E-state index in [9.17, 15) is 10.1 Å². The molecule has 9 nitrogen and oxygen atoms in total. The minimum absolute atomic E-state index is 0.0398. The van der Waals surface area contributed by atoms with Crippen molar-refractivity contribution in [2.45, 2.75) is 121 Å². The van der Waals surface area contributed by atoms with E-state index in [1.807, 2.05) is 82.0 Å². The van der Waals surface area contributed by atoms with Crippen molar-refractivity contribution in [2.24, 2.45) is 35.5 Å². The Morgan fingerprint density at radius 2 is 0.940 bits per heavy atom.